The summed E-state index contributed by atoms with van der Waals surface area (Å²) in [6.45, 7) is 3.33. The van der Waals surface area contributed by atoms with Gasteiger partial charge in [-0.3, -0.25) is 4.79 Å². The van der Waals surface area contributed by atoms with Gasteiger partial charge in [0, 0.05) is 20.1 Å². The lowest BCUT2D eigenvalue weighted by atomic mass is 10.2. The van der Waals surface area contributed by atoms with Crippen LogP contribution in [0.25, 0.3) is 10.2 Å². The summed E-state index contributed by atoms with van der Waals surface area (Å²) in [6, 6.07) is 9.76. The first-order valence-electron chi connectivity index (χ1n) is 8.12. The fourth-order valence-electron chi connectivity index (χ4n) is 3.02. The van der Waals surface area contributed by atoms with Crippen molar-refractivity contribution in [2.24, 2.45) is 0 Å². The predicted octanol–water partition coefficient (Wildman–Crippen LogP) is 4.01. The highest BCUT2D eigenvalue weighted by Crippen LogP contribution is 2.29. The van der Waals surface area contributed by atoms with Crippen LogP contribution < -0.4 is 9.47 Å². The van der Waals surface area contributed by atoms with Gasteiger partial charge >= 0.3 is 0 Å². The molecule has 25 heavy (non-hydrogen) atoms. The number of hydrogen-bond acceptors (Lipinski definition) is 4. The third kappa shape index (κ3) is 3.22. The molecular weight excluding hydrogens is 336 g/mol. The van der Waals surface area contributed by atoms with Gasteiger partial charge in [0.15, 0.2) is 11.5 Å². The van der Waals surface area contributed by atoms with Gasteiger partial charge in [0.1, 0.15) is 5.69 Å². The van der Waals surface area contributed by atoms with Gasteiger partial charge in [-0.05, 0) is 42.1 Å². The molecule has 1 aromatic carbocycles. The van der Waals surface area contributed by atoms with Crippen molar-refractivity contribution in [3.8, 4) is 11.5 Å². The van der Waals surface area contributed by atoms with Crippen molar-refractivity contribution in [3.05, 3.63) is 47.0 Å². The van der Waals surface area contributed by atoms with Crippen LogP contribution in [0, 0.1) is 0 Å². The summed E-state index contributed by atoms with van der Waals surface area (Å²) >= 11 is 1.66. The van der Waals surface area contributed by atoms with E-state index in [0.717, 1.165) is 28.0 Å². The predicted molar refractivity (Wildman–Crippen MR) is 101 cm³/mol. The van der Waals surface area contributed by atoms with Crippen LogP contribution in [-0.4, -0.2) is 36.6 Å². The molecule has 132 valence electrons. The number of benzene rings is 1. The summed E-state index contributed by atoms with van der Waals surface area (Å²) in [6.07, 6.45) is 0. The average molecular weight is 358 g/mol. The van der Waals surface area contributed by atoms with Crippen molar-refractivity contribution in [2.75, 3.05) is 21.3 Å². The van der Waals surface area contributed by atoms with Crippen molar-refractivity contribution >= 4 is 27.5 Å². The van der Waals surface area contributed by atoms with E-state index in [1.165, 1.54) is 0 Å². The summed E-state index contributed by atoms with van der Waals surface area (Å²) in [5.41, 5.74) is 2.84. The van der Waals surface area contributed by atoms with E-state index >= 15 is 0 Å². The smallest absolute Gasteiger partial charge is 0.270 e. The Balaban J connectivity index is 1.83. The number of carbonyl (C=O) groups excluding carboxylic acids is 1. The van der Waals surface area contributed by atoms with Crippen molar-refractivity contribution in [1.29, 1.82) is 0 Å². The Morgan fingerprint density at radius 3 is 2.60 bits per heavy atom. The normalized spacial score (nSPS) is 10.9. The molecule has 0 aliphatic rings. The van der Waals surface area contributed by atoms with E-state index in [0.29, 0.717) is 18.0 Å². The topological polar surface area (TPSA) is 43.7 Å². The largest absolute Gasteiger partial charge is 0.493 e. The highest BCUT2D eigenvalue weighted by Gasteiger charge is 2.19. The fourth-order valence-corrected chi connectivity index (χ4v) is 3.84. The second kappa shape index (κ2) is 7.19. The van der Waals surface area contributed by atoms with Crippen LogP contribution >= 0.6 is 11.3 Å². The lowest BCUT2D eigenvalue weighted by Gasteiger charge is -2.19. The molecule has 0 aliphatic heterocycles. The second-order valence-electron chi connectivity index (χ2n) is 5.79. The molecule has 0 radical (unpaired) electrons. The Morgan fingerprint density at radius 1 is 1.16 bits per heavy atom. The highest BCUT2D eigenvalue weighted by molar-refractivity contribution is 7.17. The van der Waals surface area contributed by atoms with Gasteiger partial charge in [-0.2, -0.15) is 0 Å². The third-order valence-electron chi connectivity index (χ3n) is 4.27. The minimum atomic E-state index is 0.0139. The lowest BCUT2D eigenvalue weighted by Crippen LogP contribution is -2.28. The van der Waals surface area contributed by atoms with Crippen molar-refractivity contribution in [3.63, 3.8) is 0 Å². The van der Waals surface area contributed by atoms with E-state index < -0.39 is 0 Å². The molecule has 0 aliphatic carbocycles. The molecule has 0 bridgehead atoms. The van der Waals surface area contributed by atoms with Gasteiger partial charge < -0.3 is 18.9 Å². The summed E-state index contributed by atoms with van der Waals surface area (Å²) in [5, 5.41) is 2.05. The van der Waals surface area contributed by atoms with Crippen LogP contribution in [0.15, 0.2) is 35.7 Å². The standard InChI is InChI=1S/C19H22N2O3S/c1-5-21-14-8-9-25-18(14)11-15(21)19(22)20(2)12-13-6-7-16(23-3)17(10-13)24-4/h6-11H,5,12H2,1-4H3. The van der Waals surface area contributed by atoms with Crippen molar-refractivity contribution < 1.29 is 14.3 Å². The molecule has 0 atom stereocenters. The van der Waals surface area contributed by atoms with Gasteiger partial charge in [0.05, 0.1) is 24.4 Å². The van der Waals surface area contributed by atoms with Crippen LogP contribution in [0.1, 0.15) is 23.0 Å². The molecule has 2 heterocycles. The number of nitrogens with zero attached hydrogens (tertiary/aromatic N) is 2. The number of carbonyl (C=O) groups is 1. The summed E-state index contributed by atoms with van der Waals surface area (Å²) in [4.78, 5) is 14.7. The van der Waals surface area contributed by atoms with E-state index in [2.05, 4.69) is 22.9 Å². The third-order valence-corrected chi connectivity index (χ3v) is 5.13. The maximum atomic E-state index is 12.9. The Morgan fingerprint density at radius 2 is 1.92 bits per heavy atom. The molecule has 0 unspecified atom stereocenters. The summed E-state index contributed by atoms with van der Waals surface area (Å²) in [7, 11) is 5.04. The lowest BCUT2D eigenvalue weighted by molar-refractivity contribution is 0.0775. The Bertz CT molecular complexity index is 897. The van der Waals surface area contributed by atoms with Crippen LogP contribution in [0.2, 0.25) is 0 Å². The number of aromatic nitrogens is 1. The maximum absolute atomic E-state index is 12.9. The van der Waals surface area contributed by atoms with Crippen molar-refractivity contribution in [1.82, 2.24) is 9.47 Å². The molecule has 5 nitrogen and oxygen atoms in total. The number of thiophene rings is 1. The molecule has 0 spiro atoms. The number of fused-ring (bicyclic) bond motifs is 1. The zero-order valence-electron chi connectivity index (χ0n) is 14.9. The molecule has 2 aromatic heterocycles. The van der Waals surface area contributed by atoms with E-state index in [-0.39, 0.29) is 5.91 Å². The Labute approximate surface area is 151 Å². The molecule has 3 rings (SSSR count). The van der Waals surface area contributed by atoms with Crippen molar-refractivity contribution in [2.45, 2.75) is 20.0 Å². The number of ether oxygens (including phenoxy) is 2. The summed E-state index contributed by atoms with van der Waals surface area (Å²) in [5.74, 6) is 1.36. The fraction of sp³-hybridized carbons (Fsp3) is 0.316. The highest BCUT2D eigenvalue weighted by atomic mass is 32.1. The molecular formula is C19H22N2O3S. The first-order chi connectivity index (χ1) is 12.1. The molecule has 3 aromatic rings. The minimum Gasteiger partial charge on any atom is -0.493 e. The quantitative estimate of drug-likeness (QED) is 0.669. The number of hydrogen-bond donors (Lipinski definition) is 0. The number of rotatable bonds is 6. The second-order valence-corrected chi connectivity index (χ2v) is 6.74. The van der Waals surface area contributed by atoms with Gasteiger partial charge in [-0.15, -0.1) is 11.3 Å². The maximum Gasteiger partial charge on any atom is 0.270 e. The molecule has 0 saturated heterocycles. The first-order valence-corrected chi connectivity index (χ1v) is 9.00. The number of methoxy groups -OCH3 is 2. The molecule has 1 amide bonds. The first kappa shape index (κ1) is 17.4. The van der Waals surface area contributed by atoms with E-state index in [9.17, 15) is 4.79 Å². The SMILES string of the molecule is CCn1c(C(=O)N(C)Cc2ccc(OC)c(OC)c2)cc2sccc21. The molecule has 0 saturated carbocycles. The number of amides is 1. The minimum absolute atomic E-state index is 0.0139. The van der Waals surface area contributed by atoms with Gasteiger partial charge in [-0.25, -0.2) is 0 Å². The van der Waals surface area contributed by atoms with Crippen LogP contribution in [0.3, 0.4) is 0 Å². The van der Waals surface area contributed by atoms with E-state index in [1.54, 1.807) is 30.5 Å². The molecule has 0 fully saturated rings. The van der Waals surface area contributed by atoms with E-state index in [4.69, 9.17) is 9.47 Å². The monoisotopic (exact) mass is 358 g/mol. The van der Waals surface area contributed by atoms with Gasteiger partial charge in [0.2, 0.25) is 0 Å². The zero-order valence-corrected chi connectivity index (χ0v) is 15.7. The molecule has 6 heteroatoms. The Kier molecular flexibility index (Phi) is 4.99. The summed E-state index contributed by atoms with van der Waals surface area (Å²) < 4.78 is 13.8. The zero-order chi connectivity index (χ0) is 18.0. The Hall–Kier alpha value is -2.47. The van der Waals surface area contributed by atoms with Crippen LogP contribution in [-0.2, 0) is 13.1 Å². The van der Waals surface area contributed by atoms with Gasteiger partial charge in [0.25, 0.3) is 5.91 Å². The number of aryl methyl sites for hydroxylation is 1. The van der Waals surface area contributed by atoms with Gasteiger partial charge in [-0.1, -0.05) is 6.07 Å². The van der Waals surface area contributed by atoms with Crippen LogP contribution in [0.4, 0.5) is 0 Å². The van der Waals surface area contributed by atoms with Crippen LogP contribution in [0.5, 0.6) is 11.5 Å². The molecule has 0 N–H and O–H groups in total. The van der Waals surface area contributed by atoms with E-state index in [1.807, 2.05) is 31.3 Å². The average Bonchev–Trinajstić information content (AvgIpc) is 3.21.